The summed E-state index contributed by atoms with van der Waals surface area (Å²) < 4.78 is 0. The highest BCUT2D eigenvalue weighted by Crippen LogP contribution is 2.77. The molecule has 17 heavy (non-hydrogen) atoms. The third kappa shape index (κ3) is 0.904. The fraction of sp³-hybridized carbons (Fsp3) is 0.923. The maximum absolute atomic E-state index is 12.9. The predicted molar refractivity (Wildman–Crippen MR) is 66.9 cm³/mol. The Kier molecular flexibility index (Phi) is 1.94. The number of carbonyl (C=O) groups is 1. The molecule has 4 rings (SSSR count). The zero-order chi connectivity index (χ0) is 11.6. The molecule has 1 aliphatic heterocycles. The summed E-state index contributed by atoms with van der Waals surface area (Å²) >= 11 is 1.87. The SMILES string of the molecule is O=C1C2(CCCC2)C2(N=NCS2)C12CCCC2. The van der Waals surface area contributed by atoms with Gasteiger partial charge in [0.25, 0.3) is 0 Å². The van der Waals surface area contributed by atoms with Crippen LogP contribution in [0.4, 0.5) is 0 Å². The zero-order valence-corrected chi connectivity index (χ0v) is 10.9. The number of hydrogen-bond donors (Lipinski definition) is 0. The molecule has 92 valence electrons. The molecular formula is C13H18N2OS. The van der Waals surface area contributed by atoms with E-state index in [-0.39, 0.29) is 15.7 Å². The Morgan fingerprint density at radius 3 is 1.88 bits per heavy atom. The monoisotopic (exact) mass is 250 g/mol. The van der Waals surface area contributed by atoms with Crippen LogP contribution >= 0.6 is 11.8 Å². The van der Waals surface area contributed by atoms with Crippen LogP contribution in [0.1, 0.15) is 51.4 Å². The van der Waals surface area contributed by atoms with Crippen LogP contribution in [0.5, 0.6) is 0 Å². The Morgan fingerprint density at radius 1 is 0.941 bits per heavy atom. The molecule has 4 aliphatic rings. The minimum absolute atomic E-state index is 0.109. The minimum atomic E-state index is -0.135. The van der Waals surface area contributed by atoms with Crippen LogP contribution < -0.4 is 0 Å². The van der Waals surface area contributed by atoms with Gasteiger partial charge in [-0.05, 0) is 25.7 Å². The first kappa shape index (κ1) is 10.5. The first-order chi connectivity index (χ1) is 8.28. The second kappa shape index (κ2) is 3.14. The number of nitrogens with zero attached hydrogens (tertiary/aromatic N) is 2. The van der Waals surface area contributed by atoms with E-state index in [4.69, 9.17) is 0 Å². The average molecular weight is 250 g/mol. The fourth-order valence-corrected chi connectivity index (χ4v) is 6.56. The van der Waals surface area contributed by atoms with Gasteiger partial charge in [-0.2, -0.15) is 10.2 Å². The molecule has 0 amide bonds. The lowest BCUT2D eigenvalue weighted by Crippen LogP contribution is -2.73. The first-order valence-corrected chi connectivity index (χ1v) is 7.84. The van der Waals surface area contributed by atoms with Crippen molar-refractivity contribution in [3.8, 4) is 0 Å². The maximum atomic E-state index is 12.9. The molecule has 3 nitrogen and oxygen atoms in total. The molecule has 0 bridgehead atoms. The van der Waals surface area contributed by atoms with Crippen molar-refractivity contribution in [2.75, 3.05) is 5.88 Å². The number of Topliss-reactive ketones (excluding diaryl/α,β-unsaturated/α-hetero) is 1. The van der Waals surface area contributed by atoms with Gasteiger partial charge < -0.3 is 0 Å². The first-order valence-electron chi connectivity index (χ1n) is 6.85. The third-order valence-corrected chi connectivity index (χ3v) is 7.15. The van der Waals surface area contributed by atoms with Gasteiger partial charge in [0.2, 0.25) is 0 Å². The Morgan fingerprint density at radius 2 is 1.47 bits per heavy atom. The number of hydrogen-bond acceptors (Lipinski definition) is 4. The Balaban J connectivity index is 1.84. The lowest BCUT2D eigenvalue weighted by molar-refractivity contribution is -0.167. The topological polar surface area (TPSA) is 41.8 Å². The van der Waals surface area contributed by atoms with E-state index in [1.807, 2.05) is 11.8 Å². The van der Waals surface area contributed by atoms with Gasteiger partial charge in [-0.15, -0.1) is 11.8 Å². The number of thioether (sulfide) groups is 1. The minimum Gasteiger partial charge on any atom is -0.298 e. The van der Waals surface area contributed by atoms with Gasteiger partial charge >= 0.3 is 0 Å². The molecule has 0 radical (unpaired) electrons. The van der Waals surface area contributed by atoms with Crippen molar-refractivity contribution >= 4 is 17.5 Å². The van der Waals surface area contributed by atoms with E-state index < -0.39 is 0 Å². The van der Waals surface area contributed by atoms with Crippen LogP contribution in [0.15, 0.2) is 10.2 Å². The van der Waals surface area contributed by atoms with Gasteiger partial charge in [0.15, 0.2) is 10.7 Å². The van der Waals surface area contributed by atoms with Crippen LogP contribution in [-0.2, 0) is 4.79 Å². The van der Waals surface area contributed by atoms with Gasteiger partial charge in [0.05, 0.1) is 10.8 Å². The van der Waals surface area contributed by atoms with Crippen molar-refractivity contribution in [1.29, 1.82) is 0 Å². The summed E-state index contributed by atoms with van der Waals surface area (Å²) in [6, 6.07) is 0. The molecule has 3 aliphatic carbocycles. The van der Waals surface area contributed by atoms with Crippen molar-refractivity contribution in [3.63, 3.8) is 0 Å². The van der Waals surface area contributed by atoms with E-state index in [1.165, 1.54) is 25.7 Å². The lowest BCUT2D eigenvalue weighted by Gasteiger charge is -2.63. The molecule has 0 N–H and O–H groups in total. The molecule has 0 aromatic rings. The second-order valence-electron chi connectivity index (χ2n) is 6.07. The standard InChI is InChI=1S/C13H18N2OS/c16-10-11(5-1-2-6-11)13(15-14-9-17-13)12(10)7-3-4-8-12/h1-9H2. The van der Waals surface area contributed by atoms with Crippen molar-refractivity contribution < 1.29 is 4.79 Å². The van der Waals surface area contributed by atoms with Crippen molar-refractivity contribution in [2.24, 2.45) is 21.1 Å². The maximum Gasteiger partial charge on any atom is 0.153 e. The summed E-state index contributed by atoms with van der Waals surface area (Å²) in [6.07, 6.45) is 9.11. The number of rotatable bonds is 0. The number of fused-ring (bicyclic) bond motifs is 2. The molecule has 4 heteroatoms. The number of azo groups is 1. The highest BCUT2D eigenvalue weighted by molar-refractivity contribution is 8.01. The van der Waals surface area contributed by atoms with Crippen molar-refractivity contribution in [1.82, 2.24) is 0 Å². The Labute approximate surface area is 106 Å². The molecule has 3 fully saturated rings. The van der Waals surface area contributed by atoms with E-state index in [9.17, 15) is 4.79 Å². The summed E-state index contributed by atoms with van der Waals surface area (Å²) in [5.41, 5.74) is -0.218. The number of ketones is 1. The highest BCUT2D eigenvalue weighted by Gasteiger charge is 2.82. The summed E-state index contributed by atoms with van der Waals surface area (Å²) in [6.45, 7) is 0. The third-order valence-electron chi connectivity index (χ3n) is 5.62. The number of carbonyl (C=O) groups excluding carboxylic acids is 1. The van der Waals surface area contributed by atoms with Gasteiger partial charge in [-0.25, -0.2) is 0 Å². The Hall–Kier alpha value is -0.380. The van der Waals surface area contributed by atoms with E-state index in [1.54, 1.807) is 0 Å². The van der Waals surface area contributed by atoms with Crippen molar-refractivity contribution in [3.05, 3.63) is 0 Å². The molecular weight excluding hydrogens is 232 g/mol. The van der Waals surface area contributed by atoms with Crippen LogP contribution in [0, 0.1) is 10.8 Å². The van der Waals surface area contributed by atoms with Gasteiger partial charge in [0, 0.05) is 0 Å². The van der Waals surface area contributed by atoms with Crippen LogP contribution in [-0.4, -0.2) is 16.5 Å². The van der Waals surface area contributed by atoms with Crippen molar-refractivity contribution in [2.45, 2.75) is 56.2 Å². The zero-order valence-electron chi connectivity index (χ0n) is 10.1. The van der Waals surface area contributed by atoms with E-state index in [0.717, 1.165) is 31.6 Å². The van der Waals surface area contributed by atoms with E-state index >= 15 is 0 Å². The van der Waals surface area contributed by atoms with Gasteiger partial charge in [-0.1, -0.05) is 25.7 Å². The molecule has 3 spiro atoms. The largest absolute Gasteiger partial charge is 0.298 e. The molecule has 0 aromatic carbocycles. The quantitative estimate of drug-likeness (QED) is 0.660. The molecule has 0 aromatic heterocycles. The molecule has 0 atom stereocenters. The second-order valence-corrected chi connectivity index (χ2v) is 7.20. The van der Waals surface area contributed by atoms with Crippen LogP contribution in [0.2, 0.25) is 0 Å². The highest BCUT2D eigenvalue weighted by atomic mass is 32.2. The van der Waals surface area contributed by atoms with E-state index in [0.29, 0.717) is 5.78 Å². The van der Waals surface area contributed by atoms with Gasteiger partial charge in [0.1, 0.15) is 5.88 Å². The summed E-state index contributed by atoms with van der Waals surface area (Å²) in [5, 5.41) is 8.93. The average Bonchev–Trinajstić information content (AvgIpc) is 3.09. The molecule has 1 heterocycles. The summed E-state index contributed by atoms with van der Waals surface area (Å²) in [5.74, 6) is 1.34. The fourth-order valence-electron chi connectivity index (χ4n) is 5.00. The smallest absolute Gasteiger partial charge is 0.153 e. The van der Waals surface area contributed by atoms with E-state index in [2.05, 4.69) is 10.2 Å². The molecule has 0 saturated heterocycles. The van der Waals surface area contributed by atoms with Crippen LogP contribution in [0.25, 0.3) is 0 Å². The Bertz CT molecular complexity index is 380. The summed E-state index contributed by atoms with van der Waals surface area (Å²) in [4.78, 5) is 12.7. The molecule has 3 saturated carbocycles. The summed E-state index contributed by atoms with van der Waals surface area (Å²) in [7, 11) is 0. The lowest BCUT2D eigenvalue weighted by atomic mass is 9.45. The predicted octanol–water partition coefficient (Wildman–Crippen LogP) is 3.54. The molecule has 0 unspecified atom stereocenters. The van der Waals surface area contributed by atoms with Gasteiger partial charge in [-0.3, -0.25) is 4.79 Å². The normalized spacial score (nSPS) is 35.2. The van der Waals surface area contributed by atoms with Crippen LogP contribution in [0.3, 0.4) is 0 Å².